The Morgan fingerprint density at radius 3 is 2.81 bits per heavy atom. The largest absolute Gasteiger partial charge is 0.489 e. The van der Waals surface area contributed by atoms with Crippen molar-refractivity contribution in [3.05, 3.63) is 43.6 Å². The molecule has 0 unspecified atom stereocenters. The van der Waals surface area contributed by atoms with Gasteiger partial charge in [0.05, 0.1) is 21.1 Å². The molecule has 0 bridgehead atoms. The first kappa shape index (κ1) is 19.2. The summed E-state index contributed by atoms with van der Waals surface area (Å²) in [6.07, 6.45) is 2.88. The average molecular weight is 505 g/mol. The van der Waals surface area contributed by atoms with Crippen LogP contribution in [0.2, 0.25) is 0 Å². The molecule has 10 heteroatoms. The molecule has 136 valence electrons. The molecule has 0 aliphatic heterocycles. The van der Waals surface area contributed by atoms with Crippen molar-refractivity contribution >= 4 is 55.0 Å². The van der Waals surface area contributed by atoms with Crippen molar-refractivity contribution in [3.8, 4) is 5.75 Å². The van der Waals surface area contributed by atoms with Crippen molar-refractivity contribution in [2.24, 2.45) is 0 Å². The normalized spacial score (nSPS) is 14.7. The van der Waals surface area contributed by atoms with E-state index in [9.17, 15) is 9.59 Å². The maximum Gasteiger partial charge on any atom is 0.199 e. The molecule has 0 fully saturated rings. The number of hydrogen-bond donors (Lipinski definition) is 0. The summed E-state index contributed by atoms with van der Waals surface area (Å²) in [6.45, 7) is 0.667. The SMILES string of the molecule is O=C1CCCC(Cl)=C1C(=O)c1ccc(Br)c(OCCn2ncnn2)c1Br. The summed E-state index contributed by atoms with van der Waals surface area (Å²) < 4.78 is 6.89. The van der Waals surface area contributed by atoms with Crippen LogP contribution < -0.4 is 4.74 Å². The molecular weight excluding hydrogens is 491 g/mol. The van der Waals surface area contributed by atoms with Crippen molar-refractivity contribution in [1.82, 2.24) is 20.2 Å². The first-order valence-corrected chi connectivity index (χ1v) is 9.73. The zero-order valence-electron chi connectivity index (χ0n) is 13.4. The topological polar surface area (TPSA) is 87.0 Å². The Hall–Kier alpha value is -1.58. The molecule has 0 spiro atoms. The quantitative estimate of drug-likeness (QED) is 0.440. The number of allylic oxidation sites excluding steroid dienone is 2. The molecule has 1 aliphatic carbocycles. The van der Waals surface area contributed by atoms with Gasteiger partial charge in [-0.25, -0.2) is 0 Å². The van der Waals surface area contributed by atoms with E-state index in [0.717, 1.165) is 0 Å². The number of halogens is 3. The minimum absolute atomic E-state index is 0.0682. The Labute approximate surface area is 171 Å². The van der Waals surface area contributed by atoms with Gasteiger partial charge in [0.15, 0.2) is 17.9 Å². The first-order valence-electron chi connectivity index (χ1n) is 7.77. The summed E-state index contributed by atoms with van der Waals surface area (Å²) in [5.41, 5.74) is 0.393. The molecule has 1 heterocycles. The van der Waals surface area contributed by atoms with Crippen LogP contribution >= 0.6 is 43.5 Å². The Morgan fingerprint density at radius 1 is 1.31 bits per heavy atom. The Balaban J connectivity index is 1.84. The number of benzene rings is 1. The maximum atomic E-state index is 12.9. The highest BCUT2D eigenvalue weighted by molar-refractivity contribution is 9.11. The molecule has 0 atom stereocenters. The van der Waals surface area contributed by atoms with E-state index in [0.29, 0.717) is 51.1 Å². The van der Waals surface area contributed by atoms with Crippen LogP contribution in [0.5, 0.6) is 5.75 Å². The van der Waals surface area contributed by atoms with Gasteiger partial charge in [-0.2, -0.15) is 4.80 Å². The maximum absolute atomic E-state index is 12.9. The molecule has 0 N–H and O–H groups in total. The third-order valence-electron chi connectivity index (χ3n) is 3.80. The molecule has 1 aliphatic rings. The summed E-state index contributed by atoms with van der Waals surface area (Å²) in [4.78, 5) is 26.4. The van der Waals surface area contributed by atoms with Crippen molar-refractivity contribution in [2.45, 2.75) is 25.8 Å². The van der Waals surface area contributed by atoms with Gasteiger partial charge < -0.3 is 4.74 Å². The third kappa shape index (κ3) is 4.05. The number of ketones is 2. The third-order valence-corrected chi connectivity index (χ3v) is 5.59. The summed E-state index contributed by atoms with van der Waals surface area (Å²) >= 11 is 13.0. The minimum Gasteiger partial charge on any atom is -0.489 e. The fourth-order valence-corrected chi connectivity index (χ4v) is 4.23. The van der Waals surface area contributed by atoms with E-state index in [4.69, 9.17) is 16.3 Å². The monoisotopic (exact) mass is 502 g/mol. The molecule has 0 saturated carbocycles. The minimum atomic E-state index is -0.401. The second kappa shape index (κ2) is 8.41. The molecule has 3 rings (SSSR count). The molecule has 0 amide bonds. The van der Waals surface area contributed by atoms with E-state index >= 15 is 0 Å². The molecular formula is C16H13Br2ClN4O3. The summed E-state index contributed by atoms with van der Waals surface area (Å²) in [7, 11) is 0. The number of ether oxygens (including phenoxy) is 1. The molecule has 1 aromatic carbocycles. The predicted octanol–water partition coefficient (Wildman–Crippen LogP) is 3.71. The first-order chi connectivity index (χ1) is 12.5. The van der Waals surface area contributed by atoms with Gasteiger partial charge >= 0.3 is 0 Å². The van der Waals surface area contributed by atoms with E-state index in [1.807, 2.05) is 0 Å². The standard InChI is InChI=1S/C16H13Br2ClN4O3/c17-10-5-4-9(15(25)13-11(19)2-1-3-12(13)24)14(18)16(10)26-7-6-23-21-8-20-22-23/h4-5,8H,1-3,6-7H2. The van der Waals surface area contributed by atoms with Gasteiger partial charge in [-0.1, -0.05) is 11.6 Å². The van der Waals surface area contributed by atoms with Crippen LogP contribution in [0.3, 0.4) is 0 Å². The van der Waals surface area contributed by atoms with Crippen molar-refractivity contribution in [2.75, 3.05) is 6.61 Å². The number of carbonyl (C=O) groups is 2. The molecule has 7 nitrogen and oxygen atoms in total. The van der Waals surface area contributed by atoms with Crippen molar-refractivity contribution in [3.63, 3.8) is 0 Å². The lowest BCUT2D eigenvalue weighted by Gasteiger charge is -2.16. The Morgan fingerprint density at radius 2 is 2.12 bits per heavy atom. The van der Waals surface area contributed by atoms with Gasteiger partial charge in [-0.15, -0.1) is 10.2 Å². The van der Waals surface area contributed by atoms with Crippen LogP contribution in [0.4, 0.5) is 0 Å². The number of tetrazole rings is 1. The zero-order chi connectivity index (χ0) is 18.7. The fourth-order valence-electron chi connectivity index (χ4n) is 2.55. The van der Waals surface area contributed by atoms with E-state index in [1.54, 1.807) is 12.1 Å². The average Bonchev–Trinajstić information content (AvgIpc) is 3.11. The van der Waals surface area contributed by atoms with Crippen molar-refractivity contribution < 1.29 is 14.3 Å². The highest BCUT2D eigenvalue weighted by Crippen LogP contribution is 2.38. The second-order valence-electron chi connectivity index (χ2n) is 5.50. The molecule has 2 aromatic rings. The number of carbonyl (C=O) groups excluding carboxylic acids is 2. The Bertz CT molecular complexity index is 884. The summed E-state index contributed by atoms with van der Waals surface area (Å²) in [5.74, 6) is -0.168. The van der Waals surface area contributed by atoms with Crippen LogP contribution in [0.15, 0.2) is 38.0 Å². The van der Waals surface area contributed by atoms with E-state index in [2.05, 4.69) is 47.3 Å². The van der Waals surface area contributed by atoms with Crippen LogP contribution in [0.1, 0.15) is 29.6 Å². The highest BCUT2D eigenvalue weighted by Gasteiger charge is 2.28. The van der Waals surface area contributed by atoms with Crippen molar-refractivity contribution in [1.29, 1.82) is 0 Å². The summed E-state index contributed by atoms with van der Waals surface area (Å²) in [5, 5.41) is 11.6. The van der Waals surface area contributed by atoms with Gasteiger partial charge in [0.25, 0.3) is 0 Å². The van der Waals surface area contributed by atoms with Crippen LogP contribution in [0.25, 0.3) is 0 Å². The van der Waals surface area contributed by atoms with Crippen LogP contribution in [0, 0.1) is 0 Å². The van der Waals surface area contributed by atoms with Gasteiger partial charge in [0.1, 0.15) is 12.4 Å². The number of nitrogens with zero attached hydrogens (tertiary/aromatic N) is 4. The lowest BCUT2D eigenvalue weighted by Crippen LogP contribution is -2.19. The zero-order valence-corrected chi connectivity index (χ0v) is 17.3. The number of Topliss-reactive ketones (excluding diaryl/α,β-unsaturated/α-hetero) is 2. The van der Waals surface area contributed by atoms with Crippen LogP contribution in [-0.4, -0.2) is 38.4 Å². The lowest BCUT2D eigenvalue weighted by molar-refractivity contribution is -0.115. The smallest absolute Gasteiger partial charge is 0.199 e. The number of hydrogen-bond acceptors (Lipinski definition) is 6. The highest BCUT2D eigenvalue weighted by atomic mass is 79.9. The Kier molecular flexibility index (Phi) is 6.20. The molecule has 0 saturated heterocycles. The second-order valence-corrected chi connectivity index (χ2v) is 7.61. The van der Waals surface area contributed by atoms with Gasteiger partial charge in [-0.3, -0.25) is 9.59 Å². The van der Waals surface area contributed by atoms with E-state index < -0.39 is 5.78 Å². The van der Waals surface area contributed by atoms with Gasteiger partial charge in [-0.05, 0) is 62.0 Å². The molecule has 26 heavy (non-hydrogen) atoms. The van der Waals surface area contributed by atoms with Gasteiger partial charge in [0.2, 0.25) is 0 Å². The fraction of sp³-hybridized carbons (Fsp3) is 0.312. The van der Waals surface area contributed by atoms with Gasteiger partial charge in [0, 0.05) is 17.0 Å². The summed E-state index contributed by atoms with van der Waals surface area (Å²) in [6, 6.07) is 3.32. The lowest BCUT2D eigenvalue weighted by atomic mass is 9.91. The van der Waals surface area contributed by atoms with E-state index in [1.165, 1.54) is 11.1 Å². The van der Waals surface area contributed by atoms with E-state index in [-0.39, 0.29) is 18.0 Å². The molecule has 0 radical (unpaired) electrons. The predicted molar refractivity (Wildman–Crippen MR) is 101 cm³/mol. The number of aromatic nitrogens is 4. The van der Waals surface area contributed by atoms with Crippen LogP contribution in [-0.2, 0) is 11.3 Å². The molecule has 1 aromatic heterocycles. The number of rotatable bonds is 6.